The maximum Gasteiger partial charge on any atom is 0.309 e. The van der Waals surface area contributed by atoms with Crippen LogP contribution in [0.3, 0.4) is 0 Å². The Labute approximate surface area is 136 Å². The first-order valence-electron chi connectivity index (χ1n) is 7.67. The average Bonchev–Trinajstić information content (AvgIpc) is 3.06. The highest BCUT2D eigenvalue weighted by atomic mass is 16.7. The Kier molecular flexibility index (Phi) is 6.67. The number of hydrogen-bond donors (Lipinski definition) is 0. The van der Waals surface area contributed by atoms with Crippen LogP contribution in [0, 0.1) is 5.92 Å². The van der Waals surface area contributed by atoms with Gasteiger partial charge in [0.1, 0.15) is 11.5 Å². The molecule has 1 aliphatic carbocycles. The van der Waals surface area contributed by atoms with Crippen LogP contribution in [0.4, 0.5) is 0 Å². The average molecular weight is 324 g/mol. The quantitative estimate of drug-likeness (QED) is 0.541. The van der Waals surface area contributed by atoms with Crippen molar-refractivity contribution in [3.63, 3.8) is 0 Å². The third kappa shape index (κ3) is 4.14. The number of methoxy groups -OCH3 is 3. The van der Waals surface area contributed by atoms with Crippen molar-refractivity contribution in [3.8, 4) is 11.5 Å². The predicted octanol–water partition coefficient (Wildman–Crippen LogP) is 2.71. The SMILES string of the molecule is COCOc1cccc(OCOC)c1[C@@H]1CCC[C@@H]1C(=O)OC. The molecule has 1 aliphatic rings. The molecule has 128 valence electrons. The van der Waals surface area contributed by atoms with Crippen molar-refractivity contribution in [2.75, 3.05) is 34.9 Å². The second kappa shape index (κ2) is 8.74. The molecular weight excluding hydrogens is 300 g/mol. The molecule has 0 aliphatic heterocycles. The second-order valence-corrected chi connectivity index (χ2v) is 5.44. The Morgan fingerprint density at radius 3 is 2.17 bits per heavy atom. The Balaban J connectivity index is 2.37. The topological polar surface area (TPSA) is 63.2 Å². The Morgan fingerprint density at radius 2 is 1.65 bits per heavy atom. The zero-order valence-corrected chi connectivity index (χ0v) is 13.9. The third-order valence-electron chi connectivity index (χ3n) is 4.08. The maximum absolute atomic E-state index is 12.1. The molecule has 0 heterocycles. The molecule has 0 N–H and O–H groups in total. The van der Waals surface area contributed by atoms with E-state index in [2.05, 4.69) is 0 Å². The summed E-state index contributed by atoms with van der Waals surface area (Å²) in [7, 11) is 4.56. The second-order valence-electron chi connectivity index (χ2n) is 5.44. The van der Waals surface area contributed by atoms with E-state index in [1.807, 2.05) is 18.2 Å². The first kappa shape index (κ1) is 17.6. The molecule has 0 radical (unpaired) electrons. The van der Waals surface area contributed by atoms with Crippen molar-refractivity contribution >= 4 is 5.97 Å². The van der Waals surface area contributed by atoms with Crippen LogP contribution in [0.1, 0.15) is 30.7 Å². The fourth-order valence-electron chi connectivity index (χ4n) is 3.12. The lowest BCUT2D eigenvalue weighted by molar-refractivity contribution is -0.145. The summed E-state index contributed by atoms with van der Waals surface area (Å²) >= 11 is 0. The van der Waals surface area contributed by atoms with E-state index in [4.69, 9.17) is 23.7 Å². The smallest absolute Gasteiger partial charge is 0.309 e. The zero-order chi connectivity index (χ0) is 16.7. The van der Waals surface area contributed by atoms with E-state index < -0.39 is 0 Å². The van der Waals surface area contributed by atoms with Gasteiger partial charge in [-0.3, -0.25) is 4.79 Å². The molecule has 0 spiro atoms. The molecule has 0 unspecified atom stereocenters. The van der Waals surface area contributed by atoms with Crippen molar-refractivity contribution < 1.29 is 28.5 Å². The highest BCUT2D eigenvalue weighted by Crippen LogP contribution is 2.47. The van der Waals surface area contributed by atoms with E-state index in [1.54, 1.807) is 14.2 Å². The number of rotatable bonds is 8. The van der Waals surface area contributed by atoms with Gasteiger partial charge in [0.05, 0.1) is 13.0 Å². The maximum atomic E-state index is 12.1. The first-order valence-corrected chi connectivity index (χ1v) is 7.67. The van der Waals surface area contributed by atoms with Crippen LogP contribution in [0.2, 0.25) is 0 Å². The first-order chi connectivity index (χ1) is 11.2. The summed E-state index contributed by atoms with van der Waals surface area (Å²) in [6.07, 6.45) is 2.66. The lowest BCUT2D eigenvalue weighted by Gasteiger charge is -2.23. The van der Waals surface area contributed by atoms with Crippen molar-refractivity contribution in [2.24, 2.45) is 5.92 Å². The summed E-state index contributed by atoms with van der Waals surface area (Å²) in [6, 6.07) is 5.57. The number of ether oxygens (including phenoxy) is 5. The summed E-state index contributed by atoms with van der Waals surface area (Å²) in [6.45, 7) is 0.271. The van der Waals surface area contributed by atoms with Crippen molar-refractivity contribution in [2.45, 2.75) is 25.2 Å². The van der Waals surface area contributed by atoms with Gasteiger partial charge >= 0.3 is 5.97 Å². The molecular formula is C17H24O6. The van der Waals surface area contributed by atoms with E-state index in [1.165, 1.54) is 7.11 Å². The lowest BCUT2D eigenvalue weighted by atomic mass is 9.87. The fourth-order valence-corrected chi connectivity index (χ4v) is 3.12. The molecule has 2 atom stereocenters. The lowest BCUT2D eigenvalue weighted by Crippen LogP contribution is -2.20. The molecule has 1 aromatic rings. The van der Waals surface area contributed by atoms with E-state index in [9.17, 15) is 4.79 Å². The van der Waals surface area contributed by atoms with Gasteiger partial charge in [-0.15, -0.1) is 0 Å². The Bertz CT molecular complexity index is 490. The number of benzene rings is 1. The van der Waals surface area contributed by atoms with Gasteiger partial charge in [-0.1, -0.05) is 12.5 Å². The van der Waals surface area contributed by atoms with Gasteiger partial charge < -0.3 is 23.7 Å². The molecule has 1 aromatic carbocycles. The summed E-state index contributed by atoms with van der Waals surface area (Å²) in [5.41, 5.74) is 0.884. The molecule has 1 saturated carbocycles. The molecule has 0 saturated heterocycles. The number of esters is 1. The standard InChI is InChI=1S/C17H24O6/c1-19-10-22-14-8-5-9-15(23-11-20-2)16(14)12-6-4-7-13(12)17(18)21-3/h5,8-9,12-13H,4,6-7,10-11H2,1-3H3/t12-,13+/m1/s1. The molecule has 0 aromatic heterocycles. The summed E-state index contributed by atoms with van der Waals surface area (Å²) in [4.78, 5) is 12.1. The van der Waals surface area contributed by atoms with Crippen LogP contribution >= 0.6 is 0 Å². The van der Waals surface area contributed by atoms with Gasteiger partial charge in [0.2, 0.25) is 0 Å². The van der Waals surface area contributed by atoms with Gasteiger partial charge in [0.25, 0.3) is 0 Å². The molecule has 2 rings (SSSR count). The van der Waals surface area contributed by atoms with Crippen LogP contribution in [0.15, 0.2) is 18.2 Å². The molecule has 6 heteroatoms. The van der Waals surface area contributed by atoms with Crippen LogP contribution in [0.25, 0.3) is 0 Å². The minimum absolute atomic E-state index is 0.00219. The van der Waals surface area contributed by atoms with Gasteiger partial charge in [-0.05, 0) is 25.0 Å². The van der Waals surface area contributed by atoms with E-state index in [0.717, 1.165) is 24.8 Å². The van der Waals surface area contributed by atoms with Crippen LogP contribution in [-0.4, -0.2) is 40.9 Å². The van der Waals surface area contributed by atoms with Crippen LogP contribution < -0.4 is 9.47 Å². The zero-order valence-electron chi connectivity index (χ0n) is 13.9. The monoisotopic (exact) mass is 324 g/mol. The summed E-state index contributed by atoms with van der Waals surface area (Å²) in [5.74, 6) is 0.966. The molecule has 23 heavy (non-hydrogen) atoms. The normalized spacial score (nSPS) is 20.3. The highest BCUT2D eigenvalue weighted by molar-refractivity contribution is 5.74. The summed E-state index contributed by atoms with van der Waals surface area (Å²) in [5, 5.41) is 0. The largest absolute Gasteiger partial charge is 0.469 e. The Morgan fingerprint density at radius 1 is 1.04 bits per heavy atom. The molecule has 6 nitrogen and oxygen atoms in total. The fraction of sp³-hybridized carbons (Fsp3) is 0.588. The van der Waals surface area contributed by atoms with Crippen molar-refractivity contribution in [1.29, 1.82) is 0 Å². The van der Waals surface area contributed by atoms with Crippen molar-refractivity contribution in [1.82, 2.24) is 0 Å². The number of hydrogen-bond acceptors (Lipinski definition) is 6. The summed E-state index contributed by atoms with van der Waals surface area (Å²) < 4.78 is 26.3. The van der Waals surface area contributed by atoms with Gasteiger partial charge in [0, 0.05) is 25.7 Å². The van der Waals surface area contributed by atoms with Gasteiger partial charge in [-0.25, -0.2) is 0 Å². The van der Waals surface area contributed by atoms with Crippen LogP contribution in [-0.2, 0) is 19.0 Å². The molecule has 0 bridgehead atoms. The Hall–Kier alpha value is -1.79. The van der Waals surface area contributed by atoms with Gasteiger partial charge in [0.15, 0.2) is 13.6 Å². The van der Waals surface area contributed by atoms with E-state index in [-0.39, 0.29) is 31.4 Å². The highest BCUT2D eigenvalue weighted by Gasteiger charge is 2.38. The minimum Gasteiger partial charge on any atom is -0.469 e. The predicted molar refractivity (Wildman–Crippen MR) is 83.5 cm³/mol. The van der Waals surface area contributed by atoms with Gasteiger partial charge in [-0.2, -0.15) is 0 Å². The van der Waals surface area contributed by atoms with Crippen molar-refractivity contribution in [3.05, 3.63) is 23.8 Å². The molecule has 0 amide bonds. The number of carbonyl (C=O) groups excluding carboxylic acids is 1. The molecule has 1 fully saturated rings. The third-order valence-corrected chi connectivity index (χ3v) is 4.08. The number of carbonyl (C=O) groups is 1. The van der Waals surface area contributed by atoms with Crippen LogP contribution in [0.5, 0.6) is 11.5 Å². The van der Waals surface area contributed by atoms with E-state index >= 15 is 0 Å². The minimum atomic E-state index is -0.188. The van der Waals surface area contributed by atoms with E-state index in [0.29, 0.717) is 11.5 Å².